The number of hydrogen-bond donors (Lipinski definition) is 0. The second-order valence-electron chi connectivity index (χ2n) is 6.29. The largest absolute Gasteiger partial charge is 0.290 e. The summed E-state index contributed by atoms with van der Waals surface area (Å²) >= 11 is 5.11. The minimum absolute atomic E-state index is 0.115. The molecule has 0 spiro atoms. The zero-order valence-electron chi connectivity index (χ0n) is 14.4. The SMILES string of the molecule is CSc1ccc(CSc2nc3sc4c(c3c(=O)n2C)CCCC4)cc1. The van der Waals surface area contributed by atoms with E-state index in [-0.39, 0.29) is 5.56 Å². The van der Waals surface area contributed by atoms with Gasteiger partial charge in [0.05, 0.1) is 5.39 Å². The van der Waals surface area contributed by atoms with Crippen molar-refractivity contribution < 1.29 is 0 Å². The van der Waals surface area contributed by atoms with Crippen LogP contribution in [0.4, 0.5) is 0 Å². The van der Waals surface area contributed by atoms with Crippen LogP contribution >= 0.6 is 34.9 Å². The molecule has 130 valence electrons. The first-order chi connectivity index (χ1) is 12.2. The molecule has 0 unspecified atom stereocenters. The molecule has 1 aliphatic carbocycles. The van der Waals surface area contributed by atoms with Gasteiger partial charge in [0.2, 0.25) is 0 Å². The van der Waals surface area contributed by atoms with E-state index in [1.54, 1.807) is 39.4 Å². The predicted octanol–water partition coefficient (Wildman–Crippen LogP) is 4.89. The zero-order chi connectivity index (χ0) is 17.4. The highest BCUT2D eigenvalue weighted by Gasteiger charge is 2.21. The summed E-state index contributed by atoms with van der Waals surface area (Å²) in [4.78, 5) is 21.3. The molecular formula is C19H20N2OS3. The Bertz CT molecular complexity index is 973. The quantitative estimate of drug-likeness (QED) is 0.471. The molecule has 0 saturated heterocycles. The van der Waals surface area contributed by atoms with Crippen LogP contribution in [0.5, 0.6) is 0 Å². The van der Waals surface area contributed by atoms with E-state index < -0.39 is 0 Å². The number of rotatable bonds is 4. The minimum atomic E-state index is 0.115. The van der Waals surface area contributed by atoms with Crippen LogP contribution in [0, 0.1) is 0 Å². The molecule has 6 heteroatoms. The summed E-state index contributed by atoms with van der Waals surface area (Å²) < 4.78 is 1.73. The molecule has 25 heavy (non-hydrogen) atoms. The first-order valence-corrected chi connectivity index (χ1v) is 11.5. The van der Waals surface area contributed by atoms with E-state index in [0.29, 0.717) is 0 Å². The summed E-state index contributed by atoms with van der Waals surface area (Å²) in [6.07, 6.45) is 6.63. The first-order valence-electron chi connectivity index (χ1n) is 8.44. The van der Waals surface area contributed by atoms with Gasteiger partial charge >= 0.3 is 0 Å². The normalized spacial score (nSPS) is 14.0. The molecule has 2 aromatic heterocycles. The summed E-state index contributed by atoms with van der Waals surface area (Å²) in [6.45, 7) is 0. The molecule has 0 fully saturated rings. The van der Waals surface area contributed by atoms with E-state index in [9.17, 15) is 4.79 Å². The smallest absolute Gasteiger partial charge is 0.262 e. The van der Waals surface area contributed by atoms with Gasteiger partial charge in [0.1, 0.15) is 4.83 Å². The fraction of sp³-hybridized carbons (Fsp3) is 0.368. The lowest BCUT2D eigenvalue weighted by Crippen LogP contribution is -2.20. The molecule has 1 aliphatic rings. The van der Waals surface area contributed by atoms with Crippen molar-refractivity contribution in [3.05, 3.63) is 50.6 Å². The van der Waals surface area contributed by atoms with Crippen LogP contribution in [0.3, 0.4) is 0 Å². The molecule has 3 aromatic rings. The molecule has 1 aromatic carbocycles. The lowest BCUT2D eigenvalue weighted by Gasteiger charge is -2.11. The second-order valence-corrected chi connectivity index (χ2v) is 9.19. The summed E-state index contributed by atoms with van der Waals surface area (Å²) in [5.74, 6) is 0.825. The minimum Gasteiger partial charge on any atom is -0.290 e. The van der Waals surface area contributed by atoms with Gasteiger partial charge in [-0.1, -0.05) is 23.9 Å². The fourth-order valence-electron chi connectivity index (χ4n) is 3.27. The van der Waals surface area contributed by atoms with Gasteiger partial charge in [-0.15, -0.1) is 23.1 Å². The highest BCUT2D eigenvalue weighted by Crippen LogP contribution is 2.34. The van der Waals surface area contributed by atoms with Gasteiger partial charge in [-0.3, -0.25) is 9.36 Å². The molecule has 0 radical (unpaired) electrons. The van der Waals surface area contributed by atoms with E-state index in [1.165, 1.54) is 33.7 Å². The monoisotopic (exact) mass is 388 g/mol. The Morgan fingerprint density at radius 2 is 1.96 bits per heavy atom. The number of hydrogen-bond acceptors (Lipinski definition) is 5. The Kier molecular flexibility index (Phi) is 4.93. The summed E-state index contributed by atoms with van der Waals surface area (Å²) in [6, 6.07) is 8.59. The third-order valence-corrected chi connectivity index (χ3v) is 7.71. The van der Waals surface area contributed by atoms with Crippen LogP contribution in [0.15, 0.2) is 39.1 Å². The van der Waals surface area contributed by atoms with Crippen LogP contribution in [-0.2, 0) is 25.6 Å². The summed E-state index contributed by atoms with van der Waals surface area (Å²) in [5.41, 5.74) is 2.64. The van der Waals surface area contributed by atoms with E-state index in [4.69, 9.17) is 4.98 Å². The maximum atomic E-state index is 12.9. The maximum absolute atomic E-state index is 12.9. The fourth-order valence-corrected chi connectivity index (χ4v) is 5.90. The van der Waals surface area contributed by atoms with Crippen LogP contribution < -0.4 is 5.56 Å². The zero-order valence-corrected chi connectivity index (χ0v) is 16.8. The number of fused-ring (bicyclic) bond motifs is 3. The molecule has 0 bridgehead atoms. The molecule has 0 amide bonds. The molecule has 0 aliphatic heterocycles. The van der Waals surface area contributed by atoms with Gasteiger partial charge in [0.15, 0.2) is 5.16 Å². The van der Waals surface area contributed by atoms with Gasteiger partial charge in [-0.25, -0.2) is 4.98 Å². The van der Waals surface area contributed by atoms with E-state index in [0.717, 1.165) is 34.0 Å². The van der Waals surface area contributed by atoms with Crippen molar-refractivity contribution in [1.29, 1.82) is 0 Å². The molecule has 0 saturated carbocycles. The number of nitrogens with zero attached hydrogens (tertiary/aromatic N) is 2. The molecule has 4 rings (SSSR count). The first kappa shape index (κ1) is 17.2. The Morgan fingerprint density at radius 3 is 2.72 bits per heavy atom. The van der Waals surface area contributed by atoms with Crippen LogP contribution in [-0.4, -0.2) is 15.8 Å². The Hall–Kier alpha value is -1.24. The summed E-state index contributed by atoms with van der Waals surface area (Å²) in [5, 5.41) is 1.68. The average Bonchev–Trinajstić information content (AvgIpc) is 3.02. The Balaban J connectivity index is 1.65. The molecule has 2 heterocycles. The van der Waals surface area contributed by atoms with Gasteiger partial charge in [0, 0.05) is 22.6 Å². The van der Waals surface area contributed by atoms with Crippen molar-refractivity contribution >= 4 is 45.1 Å². The van der Waals surface area contributed by atoms with Crippen molar-refractivity contribution in [3.8, 4) is 0 Å². The number of aromatic nitrogens is 2. The van der Waals surface area contributed by atoms with Gasteiger partial charge in [0.25, 0.3) is 5.56 Å². The van der Waals surface area contributed by atoms with Crippen molar-refractivity contribution in [3.63, 3.8) is 0 Å². The Labute approximate surface area is 159 Å². The standard InChI is InChI=1S/C19H20N2OS3/c1-21-18(22)16-14-5-3-4-6-15(14)25-17(16)20-19(21)24-11-12-7-9-13(23-2)10-8-12/h7-10H,3-6,11H2,1-2H3. The number of benzene rings is 1. The highest BCUT2D eigenvalue weighted by atomic mass is 32.2. The molecule has 0 N–H and O–H groups in total. The third-order valence-electron chi connectivity index (χ3n) is 4.68. The van der Waals surface area contributed by atoms with E-state index >= 15 is 0 Å². The number of thioether (sulfide) groups is 2. The van der Waals surface area contributed by atoms with Gasteiger partial charge < -0.3 is 0 Å². The van der Waals surface area contributed by atoms with Crippen LogP contribution in [0.25, 0.3) is 10.2 Å². The average molecular weight is 389 g/mol. The number of aryl methyl sites for hydroxylation is 2. The molecule has 0 atom stereocenters. The third kappa shape index (κ3) is 3.27. The summed E-state index contributed by atoms with van der Waals surface area (Å²) in [7, 11) is 1.85. The van der Waals surface area contributed by atoms with E-state index in [2.05, 4.69) is 30.5 Å². The molecule has 3 nitrogen and oxygen atoms in total. The van der Waals surface area contributed by atoms with Crippen molar-refractivity contribution in [1.82, 2.24) is 9.55 Å². The Morgan fingerprint density at radius 1 is 1.20 bits per heavy atom. The lowest BCUT2D eigenvalue weighted by atomic mass is 9.97. The molecular weight excluding hydrogens is 368 g/mol. The van der Waals surface area contributed by atoms with Gasteiger partial charge in [-0.2, -0.15) is 0 Å². The van der Waals surface area contributed by atoms with Gasteiger partial charge in [-0.05, 0) is 55.2 Å². The van der Waals surface area contributed by atoms with Crippen LogP contribution in [0.1, 0.15) is 28.8 Å². The van der Waals surface area contributed by atoms with E-state index in [1.807, 2.05) is 7.05 Å². The van der Waals surface area contributed by atoms with Crippen molar-refractivity contribution in [2.24, 2.45) is 7.05 Å². The number of thiophene rings is 1. The lowest BCUT2D eigenvalue weighted by molar-refractivity contribution is 0.695. The second kappa shape index (κ2) is 7.17. The van der Waals surface area contributed by atoms with Crippen molar-refractivity contribution in [2.45, 2.75) is 41.5 Å². The maximum Gasteiger partial charge on any atom is 0.262 e. The predicted molar refractivity (Wildman–Crippen MR) is 109 cm³/mol. The van der Waals surface area contributed by atoms with Crippen molar-refractivity contribution in [2.75, 3.05) is 6.26 Å². The topological polar surface area (TPSA) is 34.9 Å². The van der Waals surface area contributed by atoms with Crippen LogP contribution in [0.2, 0.25) is 0 Å². The highest BCUT2D eigenvalue weighted by molar-refractivity contribution is 7.98.